The second-order valence-electron chi connectivity index (χ2n) is 6.82. The fourth-order valence-corrected chi connectivity index (χ4v) is 3.98. The number of aliphatic hydroxyl groups excluding tert-OH is 1. The SMILES string of the molecule is CC(C)c1nnc(CNc2cc(Cl)ccc2N2CCC(CO)CC2)s1. The van der Waals surface area contributed by atoms with Crippen molar-refractivity contribution < 1.29 is 5.11 Å². The van der Waals surface area contributed by atoms with Crippen LogP contribution in [0, 0.1) is 5.92 Å². The Morgan fingerprint density at radius 2 is 2.08 bits per heavy atom. The fraction of sp³-hybridized carbons (Fsp3) is 0.556. The topological polar surface area (TPSA) is 61.3 Å². The van der Waals surface area contributed by atoms with Crippen LogP contribution in [0.5, 0.6) is 0 Å². The first-order valence-corrected chi connectivity index (χ1v) is 9.97. The van der Waals surface area contributed by atoms with Gasteiger partial charge in [-0.2, -0.15) is 0 Å². The molecule has 136 valence electrons. The molecule has 5 nitrogen and oxygen atoms in total. The van der Waals surface area contributed by atoms with Crippen LogP contribution in [0.15, 0.2) is 18.2 Å². The van der Waals surface area contributed by atoms with Gasteiger partial charge in [-0.1, -0.05) is 36.8 Å². The largest absolute Gasteiger partial charge is 0.396 e. The summed E-state index contributed by atoms with van der Waals surface area (Å²) < 4.78 is 0. The van der Waals surface area contributed by atoms with E-state index in [1.165, 1.54) is 0 Å². The van der Waals surface area contributed by atoms with E-state index < -0.39 is 0 Å². The minimum absolute atomic E-state index is 0.287. The molecule has 0 aliphatic carbocycles. The Morgan fingerprint density at radius 3 is 2.72 bits per heavy atom. The van der Waals surface area contributed by atoms with Gasteiger partial charge in [-0.25, -0.2) is 0 Å². The maximum atomic E-state index is 9.33. The molecular formula is C18H25ClN4OS. The summed E-state index contributed by atoms with van der Waals surface area (Å²) in [6, 6.07) is 5.98. The van der Waals surface area contributed by atoms with E-state index in [4.69, 9.17) is 11.6 Å². The van der Waals surface area contributed by atoms with Gasteiger partial charge in [0.25, 0.3) is 0 Å². The minimum atomic E-state index is 0.287. The molecule has 1 fully saturated rings. The summed E-state index contributed by atoms with van der Waals surface area (Å²) in [6.45, 7) is 7.10. The molecule has 7 heteroatoms. The molecule has 0 bridgehead atoms. The Hall–Kier alpha value is -1.37. The lowest BCUT2D eigenvalue weighted by molar-refractivity contribution is 0.203. The molecule has 1 aromatic carbocycles. The van der Waals surface area contributed by atoms with Crippen LogP contribution < -0.4 is 10.2 Å². The average Bonchev–Trinajstić information content (AvgIpc) is 3.09. The second-order valence-corrected chi connectivity index (χ2v) is 8.35. The van der Waals surface area contributed by atoms with Gasteiger partial charge in [0, 0.05) is 30.6 Å². The van der Waals surface area contributed by atoms with Crippen molar-refractivity contribution in [2.24, 2.45) is 5.92 Å². The Kier molecular flexibility index (Phi) is 6.15. The van der Waals surface area contributed by atoms with Crippen molar-refractivity contribution in [3.05, 3.63) is 33.2 Å². The number of anilines is 2. The van der Waals surface area contributed by atoms with Crippen LogP contribution in [0.4, 0.5) is 11.4 Å². The van der Waals surface area contributed by atoms with Gasteiger partial charge in [-0.15, -0.1) is 10.2 Å². The third kappa shape index (κ3) is 4.63. The van der Waals surface area contributed by atoms with Crippen LogP contribution in [-0.2, 0) is 6.54 Å². The molecule has 0 spiro atoms. The normalized spacial score (nSPS) is 15.8. The van der Waals surface area contributed by atoms with Gasteiger partial charge in [0.2, 0.25) is 0 Å². The number of aromatic nitrogens is 2. The van der Waals surface area contributed by atoms with E-state index in [0.29, 0.717) is 18.4 Å². The summed E-state index contributed by atoms with van der Waals surface area (Å²) in [5.74, 6) is 0.830. The maximum Gasteiger partial charge on any atom is 0.136 e. The minimum Gasteiger partial charge on any atom is -0.396 e. The number of benzene rings is 1. The van der Waals surface area contributed by atoms with E-state index >= 15 is 0 Å². The number of halogens is 1. The molecule has 1 saturated heterocycles. The highest BCUT2D eigenvalue weighted by Gasteiger charge is 2.21. The summed E-state index contributed by atoms with van der Waals surface area (Å²) in [5.41, 5.74) is 2.19. The summed E-state index contributed by atoms with van der Waals surface area (Å²) in [7, 11) is 0. The quantitative estimate of drug-likeness (QED) is 0.788. The first-order chi connectivity index (χ1) is 12.1. The lowest BCUT2D eigenvalue weighted by Crippen LogP contribution is -2.35. The molecule has 1 aromatic heterocycles. The zero-order valence-electron chi connectivity index (χ0n) is 14.7. The fourth-order valence-electron chi connectivity index (χ4n) is 3.02. The van der Waals surface area contributed by atoms with Crippen molar-refractivity contribution in [2.45, 2.75) is 39.2 Å². The third-order valence-corrected chi connectivity index (χ3v) is 6.04. The summed E-state index contributed by atoms with van der Waals surface area (Å²) in [6.07, 6.45) is 2.04. The number of piperidine rings is 1. The number of hydrogen-bond acceptors (Lipinski definition) is 6. The van der Waals surface area contributed by atoms with E-state index in [1.54, 1.807) is 11.3 Å². The van der Waals surface area contributed by atoms with Crippen LogP contribution in [0.25, 0.3) is 0 Å². The lowest BCUT2D eigenvalue weighted by atomic mass is 9.97. The lowest BCUT2D eigenvalue weighted by Gasteiger charge is -2.34. The molecule has 0 unspecified atom stereocenters. The molecule has 2 N–H and O–H groups in total. The molecular weight excluding hydrogens is 356 g/mol. The van der Waals surface area contributed by atoms with Gasteiger partial charge in [-0.05, 0) is 37.0 Å². The molecule has 0 atom stereocenters. The van der Waals surface area contributed by atoms with E-state index in [9.17, 15) is 5.11 Å². The van der Waals surface area contributed by atoms with Crippen LogP contribution in [0.2, 0.25) is 5.02 Å². The van der Waals surface area contributed by atoms with E-state index in [2.05, 4.69) is 40.3 Å². The van der Waals surface area contributed by atoms with Crippen molar-refractivity contribution in [3.8, 4) is 0 Å². The molecule has 25 heavy (non-hydrogen) atoms. The highest BCUT2D eigenvalue weighted by Crippen LogP contribution is 2.32. The number of nitrogens with zero attached hydrogens (tertiary/aromatic N) is 3. The van der Waals surface area contributed by atoms with Crippen molar-refractivity contribution in [1.82, 2.24) is 10.2 Å². The third-order valence-electron chi connectivity index (χ3n) is 4.58. The molecule has 3 rings (SSSR count). The van der Waals surface area contributed by atoms with Crippen molar-refractivity contribution in [3.63, 3.8) is 0 Å². The average molecular weight is 381 g/mol. The summed E-state index contributed by atoms with van der Waals surface area (Å²) in [4.78, 5) is 2.37. The zero-order chi connectivity index (χ0) is 17.8. The molecule has 0 radical (unpaired) electrons. The van der Waals surface area contributed by atoms with Gasteiger partial charge in [0.15, 0.2) is 0 Å². The Bertz CT molecular complexity index is 698. The summed E-state index contributed by atoms with van der Waals surface area (Å²) >= 11 is 7.86. The molecule has 0 amide bonds. The maximum absolute atomic E-state index is 9.33. The number of nitrogens with one attached hydrogen (secondary N) is 1. The highest BCUT2D eigenvalue weighted by molar-refractivity contribution is 7.11. The predicted molar refractivity (Wildman–Crippen MR) is 105 cm³/mol. The second kappa shape index (κ2) is 8.34. The molecule has 1 aliphatic rings. The van der Waals surface area contributed by atoms with Crippen molar-refractivity contribution in [1.29, 1.82) is 0 Å². The smallest absolute Gasteiger partial charge is 0.136 e. The zero-order valence-corrected chi connectivity index (χ0v) is 16.3. The standard InChI is InChI=1S/C18H25ClN4OS/c1-12(2)18-22-21-17(25-18)10-20-15-9-14(19)3-4-16(15)23-7-5-13(11-24)6-8-23/h3-4,9,12-13,20,24H,5-8,10-11H2,1-2H3. The number of hydrogen-bond donors (Lipinski definition) is 2. The van der Waals surface area contributed by atoms with E-state index in [-0.39, 0.29) is 6.61 Å². The number of rotatable bonds is 6. The van der Waals surface area contributed by atoms with Crippen LogP contribution >= 0.6 is 22.9 Å². The first kappa shape index (κ1) is 18.4. The Balaban J connectivity index is 1.70. The van der Waals surface area contributed by atoms with Gasteiger partial charge in [0.05, 0.1) is 17.9 Å². The molecule has 0 saturated carbocycles. The van der Waals surface area contributed by atoms with Gasteiger partial charge in [0.1, 0.15) is 10.0 Å². The number of aliphatic hydroxyl groups is 1. The van der Waals surface area contributed by atoms with Gasteiger partial charge >= 0.3 is 0 Å². The highest BCUT2D eigenvalue weighted by atomic mass is 35.5. The molecule has 2 heterocycles. The first-order valence-electron chi connectivity index (χ1n) is 8.78. The Morgan fingerprint density at radius 1 is 1.32 bits per heavy atom. The van der Waals surface area contributed by atoms with Crippen molar-refractivity contribution >= 4 is 34.3 Å². The van der Waals surface area contributed by atoms with Gasteiger partial charge < -0.3 is 15.3 Å². The van der Waals surface area contributed by atoms with E-state index in [0.717, 1.165) is 52.3 Å². The van der Waals surface area contributed by atoms with Crippen LogP contribution in [0.1, 0.15) is 42.6 Å². The van der Waals surface area contributed by atoms with Gasteiger partial charge in [-0.3, -0.25) is 0 Å². The molecule has 2 aromatic rings. The van der Waals surface area contributed by atoms with Crippen LogP contribution in [-0.4, -0.2) is 35.0 Å². The van der Waals surface area contributed by atoms with E-state index in [1.807, 2.05) is 12.1 Å². The van der Waals surface area contributed by atoms with Crippen LogP contribution in [0.3, 0.4) is 0 Å². The molecule has 1 aliphatic heterocycles. The summed E-state index contributed by atoms with van der Waals surface area (Å²) in [5, 5.41) is 24.1. The monoisotopic (exact) mass is 380 g/mol. The Labute approximate surface area is 158 Å². The van der Waals surface area contributed by atoms with Crippen molar-refractivity contribution in [2.75, 3.05) is 29.9 Å². The predicted octanol–water partition coefficient (Wildman–Crippen LogP) is 4.14.